The maximum absolute atomic E-state index is 5.33. The number of hydrogen-bond donors (Lipinski definition) is 0. The van der Waals surface area contributed by atoms with Crippen molar-refractivity contribution in [1.82, 2.24) is 9.88 Å². The minimum absolute atomic E-state index is 0.786. The summed E-state index contributed by atoms with van der Waals surface area (Å²) < 4.78 is 5.33. The molecule has 2 rings (SSSR count). The summed E-state index contributed by atoms with van der Waals surface area (Å²) in [5, 5.41) is 0. The molecule has 0 N–H and O–H groups in total. The minimum Gasteiger partial charge on any atom is -0.378 e. The Hall–Kier alpha value is -1.00. The highest BCUT2D eigenvalue weighted by Crippen LogP contribution is 2.22. The quantitative estimate of drug-likeness (QED) is 0.751. The van der Waals surface area contributed by atoms with Crippen LogP contribution in [0, 0.1) is 0 Å². The average molecular weight is 236 g/mol. The van der Waals surface area contributed by atoms with Crippen molar-refractivity contribution in [1.29, 1.82) is 0 Å². The molecule has 0 bridgehead atoms. The zero-order valence-electron chi connectivity index (χ0n) is 9.48. The van der Waals surface area contributed by atoms with E-state index in [-0.39, 0.29) is 0 Å². The third-order valence-electron chi connectivity index (χ3n) is 2.67. The van der Waals surface area contributed by atoms with Crippen LogP contribution in [0.15, 0.2) is 29.9 Å². The van der Waals surface area contributed by atoms with E-state index < -0.39 is 0 Å². The van der Waals surface area contributed by atoms with Gasteiger partial charge in [0.2, 0.25) is 0 Å². The van der Waals surface area contributed by atoms with Gasteiger partial charge in [0.25, 0.3) is 0 Å². The number of pyridine rings is 1. The number of thioether (sulfide) groups is 1. The van der Waals surface area contributed by atoms with Crippen LogP contribution in [0.25, 0.3) is 5.70 Å². The topological polar surface area (TPSA) is 25.4 Å². The van der Waals surface area contributed by atoms with Crippen molar-refractivity contribution in [2.24, 2.45) is 0 Å². The molecule has 4 heteroatoms. The smallest absolute Gasteiger partial charge is 0.0642 e. The first kappa shape index (κ1) is 11.5. The second kappa shape index (κ2) is 5.37. The van der Waals surface area contributed by atoms with Crippen molar-refractivity contribution in [2.45, 2.75) is 4.90 Å². The van der Waals surface area contributed by atoms with E-state index in [1.54, 1.807) is 11.8 Å². The van der Waals surface area contributed by atoms with Gasteiger partial charge in [0.05, 0.1) is 13.2 Å². The molecule has 0 amide bonds. The van der Waals surface area contributed by atoms with Crippen molar-refractivity contribution in [2.75, 3.05) is 32.6 Å². The highest BCUT2D eigenvalue weighted by Gasteiger charge is 2.13. The zero-order valence-corrected chi connectivity index (χ0v) is 10.3. The molecule has 16 heavy (non-hydrogen) atoms. The first-order valence-corrected chi connectivity index (χ1v) is 6.55. The summed E-state index contributed by atoms with van der Waals surface area (Å²) in [6.07, 6.45) is 5.80. The van der Waals surface area contributed by atoms with Crippen molar-refractivity contribution < 1.29 is 4.74 Å². The molecule has 0 aromatic carbocycles. The molecule has 1 saturated heterocycles. The summed E-state index contributed by atoms with van der Waals surface area (Å²) in [7, 11) is 0. The molecule has 0 unspecified atom stereocenters. The molecule has 2 heterocycles. The third kappa shape index (κ3) is 2.57. The minimum atomic E-state index is 0.786. The van der Waals surface area contributed by atoms with Gasteiger partial charge >= 0.3 is 0 Å². The second-order valence-electron chi connectivity index (χ2n) is 3.66. The van der Waals surface area contributed by atoms with E-state index in [9.17, 15) is 0 Å². The third-order valence-corrected chi connectivity index (χ3v) is 3.37. The molecule has 0 atom stereocenters. The van der Waals surface area contributed by atoms with Crippen molar-refractivity contribution in [3.05, 3.63) is 30.6 Å². The van der Waals surface area contributed by atoms with Gasteiger partial charge in [-0.3, -0.25) is 4.98 Å². The Morgan fingerprint density at radius 3 is 2.88 bits per heavy atom. The molecule has 0 aliphatic carbocycles. The SMILES string of the molecule is C=C(c1cncc(SC)c1)N1CCOCC1. The van der Waals surface area contributed by atoms with Crippen molar-refractivity contribution in [3.63, 3.8) is 0 Å². The van der Waals surface area contributed by atoms with Crippen LogP contribution in [-0.4, -0.2) is 42.4 Å². The van der Waals surface area contributed by atoms with Crippen LogP contribution in [0.2, 0.25) is 0 Å². The van der Waals surface area contributed by atoms with Gasteiger partial charge in [-0.25, -0.2) is 0 Å². The largest absolute Gasteiger partial charge is 0.378 e. The number of nitrogens with zero attached hydrogens (tertiary/aromatic N) is 2. The molecule has 1 fully saturated rings. The molecule has 0 radical (unpaired) electrons. The fourth-order valence-electron chi connectivity index (χ4n) is 1.70. The van der Waals surface area contributed by atoms with Crippen LogP contribution in [0.1, 0.15) is 5.56 Å². The molecule has 1 aliphatic heterocycles. The van der Waals surface area contributed by atoms with E-state index in [1.165, 1.54) is 4.90 Å². The van der Waals surface area contributed by atoms with Gasteiger partial charge in [-0.2, -0.15) is 0 Å². The van der Waals surface area contributed by atoms with Crippen molar-refractivity contribution >= 4 is 17.5 Å². The molecule has 0 spiro atoms. The summed E-state index contributed by atoms with van der Waals surface area (Å²) in [5.74, 6) is 0. The number of morpholine rings is 1. The standard InChI is InChI=1S/C12H16N2OS/c1-10(14-3-5-15-6-4-14)11-7-12(16-2)9-13-8-11/h7-9H,1,3-6H2,2H3. The van der Waals surface area contributed by atoms with E-state index in [0.717, 1.165) is 37.6 Å². The maximum Gasteiger partial charge on any atom is 0.0642 e. The summed E-state index contributed by atoms with van der Waals surface area (Å²) in [6, 6.07) is 2.13. The van der Waals surface area contributed by atoms with Gasteiger partial charge in [-0.15, -0.1) is 11.8 Å². The van der Waals surface area contributed by atoms with E-state index in [4.69, 9.17) is 4.74 Å². The van der Waals surface area contributed by atoms with Crippen molar-refractivity contribution in [3.8, 4) is 0 Å². The van der Waals surface area contributed by atoms with E-state index in [1.807, 2.05) is 12.4 Å². The molecule has 3 nitrogen and oxygen atoms in total. The lowest BCUT2D eigenvalue weighted by molar-refractivity contribution is 0.0640. The predicted octanol–water partition coefficient (Wildman–Crippen LogP) is 2.11. The van der Waals surface area contributed by atoms with Crippen LogP contribution in [-0.2, 0) is 4.74 Å². The monoisotopic (exact) mass is 236 g/mol. The normalized spacial score (nSPS) is 16.2. The van der Waals surface area contributed by atoms with Gasteiger partial charge in [0, 0.05) is 41.6 Å². The van der Waals surface area contributed by atoms with Gasteiger partial charge in [-0.05, 0) is 12.3 Å². The summed E-state index contributed by atoms with van der Waals surface area (Å²) >= 11 is 1.70. The number of rotatable bonds is 3. The second-order valence-corrected chi connectivity index (χ2v) is 4.54. The Morgan fingerprint density at radius 1 is 1.44 bits per heavy atom. The molecular formula is C12H16N2OS. The Bertz CT molecular complexity index is 375. The Kier molecular flexibility index (Phi) is 3.85. The molecular weight excluding hydrogens is 220 g/mol. The van der Waals surface area contributed by atoms with Gasteiger partial charge in [-0.1, -0.05) is 6.58 Å². The summed E-state index contributed by atoms with van der Waals surface area (Å²) in [6.45, 7) is 7.56. The van der Waals surface area contributed by atoms with Gasteiger partial charge < -0.3 is 9.64 Å². The first-order chi connectivity index (χ1) is 7.81. The van der Waals surface area contributed by atoms with E-state index >= 15 is 0 Å². The maximum atomic E-state index is 5.33. The molecule has 86 valence electrons. The van der Waals surface area contributed by atoms with Crippen LogP contribution in [0.4, 0.5) is 0 Å². The summed E-state index contributed by atoms with van der Waals surface area (Å²) in [5.41, 5.74) is 2.15. The lowest BCUT2D eigenvalue weighted by Gasteiger charge is -2.30. The molecule has 1 aliphatic rings. The zero-order chi connectivity index (χ0) is 11.4. The highest BCUT2D eigenvalue weighted by atomic mass is 32.2. The molecule has 1 aromatic rings. The van der Waals surface area contributed by atoms with Gasteiger partial charge in [0.15, 0.2) is 0 Å². The lowest BCUT2D eigenvalue weighted by atomic mass is 10.2. The van der Waals surface area contributed by atoms with E-state index in [2.05, 4.69) is 28.8 Å². The number of ether oxygens (including phenoxy) is 1. The Morgan fingerprint density at radius 2 is 2.19 bits per heavy atom. The average Bonchev–Trinajstić information content (AvgIpc) is 2.39. The fraction of sp³-hybridized carbons (Fsp3) is 0.417. The number of hydrogen-bond acceptors (Lipinski definition) is 4. The highest BCUT2D eigenvalue weighted by molar-refractivity contribution is 7.98. The van der Waals surface area contributed by atoms with Crippen LogP contribution >= 0.6 is 11.8 Å². The Labute approximate surface area is 101 Å². The molecule has 0 saturated carbocycles. The fourth-order valence-corrected chi connectivity index (χ4v) is 2.12. The number of aromatic nitrogens is 1. The Balaban J connectivity index is 2.12. The summed E-state index contributed by atoms with van der Waals surface area (Å²) in [4.78, 5) is 7.66. The van der Waals surface area contributed by atoms with E-state index in [0.29, 0.717) is 0 Å². The van der Waals surface area contributed by atoms with Gasteiger partial charge in [0.1, 0.15) is 0 Å². The van der Waals surface area contributed by atoms with Crippen LogP contribution in [0.3, 0.4) is 0 Å². The van der Waals surface area contributed by atoms with Crippen LogP contribution in [0.5, 0.6) is 0 Å². The predicted molar refractivity (Wildman–Crippen MR) is 67.4 cm³/mol. The van der Waals surface area contributed by atoms with Crippen LogP contribution < -0.4 is 0 Å². The molecule has 1 aromatic heterocycles. The lowest BCUT2D eigenvalue weighted by Crippen LogP contribution is -2.34. The first-order valence-electron chi connectivity index (χ1n) is 5.32.